The molecule has 0 amide bonds. The van der Waals surface area contributed by atoms with E-state index in [9.17, 15) is 0 Å². The van der Waals surface area contributed by atoms with Crippen molar-refractivity contribution in [2.45, 2.75) is 0 Å². The van der Waals surface area contributed by atoms with Gasteiger partial charge < -0.3 is 4.90 Å². The maximum Gasteiger partial charge on any atom is 1.00 e. The minimum atomic E-state index is -2.65. The predicted molar refractivity (Wildman–Crippen MR) is 19.0 cm³/mol. The van der Waals surface area contributed by atoms with E-state index in [2.05, 4.69) is 7.05 Å². The third kappa shape index (κ3) is 28.4. The molecular formula is C3H8KN. The Morgan fingerprint density at radius 1 is 1.80 bits per heavy atom. The van der Waals surface area contributed by atoms with Gasteiger partial charge in [0.05, 0.1) is 0 Å². The summed E-state index contributed by atoms with van der Waals surface area (Å²) in [5.74, 6) is 0. The molecule has 0 saturated carbocycles. The molecule has 0 aliphatic heterocycles. The Hall–Kier alpha value is 1.60. The summed E-state index contributed by atoms with van der Waals surface area (Å²) >= 11 is 0. The standard InChI is InChI=1S/C3H8N.K/c1-4(2)3;/h1H2,2-3H3;/q-1;+1/i2D3,3D3;. The second-order valence-electron chi connectivity index (χ2n) is 0.428. The molecule has 0 spiro atoms. The fraction of sp³-hybridized carbons (Fsp3) is 0.667. The molecule has 0 aromatic rings. The van der Waals surface area contributed by atoms with E-state index in [1.54, 1.807) is 0 Å². The zero-order valence-electron chi connectivity index (χ0n) is 9.15. The van der Waals surface area contributed by atoms with E-state index in [4.69, 9.17) is 8.22 Å². The molecule has 0 aliphatic carbocycles. The molecule has 0 saturated heterocycles. The first kappa shape index (κ1) is 1.84. The van der Waals surface area contributed by atoms with Gasteiger partial charge in [0, 0.05) is 8.22 Å². The number of hydrogen-bond donors (Lipinski definition) is 0. The minimum Gasteiger partial charge on any atom is -0.464 e. The Bertz CT molecular complexity index is 102. The van der Waals surface area contributed by atoms with E-state index in [0.29, 0.717) is 0 Å². The summed E-state index contributed by atoms with van der Waals surface area (Å²) in [6.07, 6.45) is 0. The van der Waals surface area contributed by atoms with Crippen molar-refractivity contribution in [3.63, 3.8) is 0 Å². The molecule has 2 heteroatoms. The van der Waals surface area contributed by atoms with Crippen molar-refractivity contribution < 1.29 is 59.6 Å². The summed E-state index contributed by atoms with van der Waals surface area (Å²) in [5, 5.41) is 0. The third-order valence-corrected chi connectivity index (χ3v) is 0. The van der Waals surface area contributed by atoms with Crippen molar-refractivity contribution in [2.24, 2.45) is 0 Å². The summed E-state index contributed by atoms with van der Waals surface area (Å²) in [6, 6.07) is 0. The van der Waals surface area contributed by atoms with Crippen LogP contribution in [0.2, 0.25) is 0 Å². The Balaban J connectivity index is 0. The molecule has 0 aromatic heterocycles. The van der Waals surface area contributed by atoms with Gasteiger partial charge in [0.2, 0.25) is 0 Å². The van der Waals surface area contributed by atoms with Crippen LogP contribution in [0.15, 0.2) is 0 Å². The minimum absolute atomic E-state index is 0. The molecule has 26 valence electrons. The third-order valence-electron chi connectivity index (χ3n) is 0. The van der Waals surface area contributed by atoms with Gasteiger partial charge in [-0.25, -0.2) is 0 Å². The molecule has 0 rings (SSSR count). The molecule has 0 fully saturated rings. The maximum atomic E-state index is 6.63. The van der Waals surface area contributed by atoms with Gasteiger partial charge in [0.1, 0.15) is 0 Å². The second-order valence-corrected chi connectivity index (χ2v) is 0.428. The first-order valence-corrected chi connectivity index (χ1v) is 0.763. The first-order chi connectivity index (χ1) is 4.15. The molecular weight excluding hydrogens is 89.1 g/mol. The van der Waals surface area contributed by atoms with Crippen molar-refractivity contribution in [3.05, 3.63) is 7.05 Å². The topological polar surface area (TPSA) is 3.24 Å². The van der Waals surface area contributed by atoms with Crippen LogP contribution in [0.4, 0.5) is 0 Å². The molecule has 0 atom stereocenters. The zero-order valence-corrected chi connectivity index (χ0v) is 6.28. The molecule has 0 unspecified atom stereocenters. The van der Waals surface area contributed by atoms with Crippen molar-refractivity contribution in [1.82, 2.24) is 4.90 Å². The average Bonchev–Trinajstić information content (AvgIpc) is 1.59. The van der Waals surface area contributed by atoms with Crippen LogP contribution in [-0.2, 0) is 0 Å². The average molecular weight is 103 g/mol. The number of rotatable bonds is 0. The van der Waals surface area contributed by atoms with Gasteiger partial charge in [-0.1, -0.05) is 0 Å². The summed E-state index contributed by atoms with van der Waals surface area (Å²) in [5.41, 5.74) is 0. The van der Waals surface area contributed by atoms with Crippen LogP contribution in [0.5, 0.6) is 0 Å². The van der Waals surface area contributed by atoms with Gasteiger partial charge in [-0.2, -0.15) is 0 Å². The quantitative estimate of drug-likeness (QED) is 0.239. The van der Waals surface area contributed by atoms with Crippen LogP contribution in [0, 0.1) is 7.05 Å². The van der Waals surface area contributed by atoms with Gasteiger partial charge in [-0.3, -0.25) is 7.05 Å². The van der Waals surface area contributed by atoms with E-state index < -0.39 is 14.0 Å². The van der Waals surface area contributed by atoms with E-state index in [1.807, 2.05) is 0 Å². The molecule has 0 bridgehead atoms. The van der Waals surface area contributed by atoms with Crippen LogP contribution in [0.25, 0.3) is 0 Å². The molecule has 1 nitrogen and oxygen atoms in total. The first-order valence-electron chi connectivity index (χ1n) is 3.76. The molecule has 0 aromatic carbocycles. The van der Waals surface area contributed by atoms with E-state index in [0.717, 1.165) is 0 Å². The normalized spacial score (nSPS) is 30.0. The Morgan fingerprint density at radius 3 is 2.20 bits per heavy atom. The van der Waals surface area contributed by atoms with Crippen LogP contribution in [0.3, 0.4) is 0 Å². The summed E-state index contributed by atoms with van der Waals surface area (Å²) in [4.78, 5) is 0.125. The monoisotopic (exact) mass is 103 g/mol. The molecule has 0 N–H and O–H groups in total. The van der Waals surface area contributed by atoms with Gasteiger partial charge in [-0.05, 0) is 14.0 Å². The molecule has 0 aliphatic rings. The van der Waals surface area contributed by atoms with Crippen molar-refractivity contribution in [1.29, 1.82) is 0 Å². The molecule has 0 radical (unpaired) electrons. The SMILES string of the molecule is [2H]C([2H])([2H])N([CH2-])C([2H])([2H])[2H].[K+]. The Labute approximate surface area is 84.6 Å². The molecule has 5 heavy (non-hydrogen) atoms. The van der Waals surface area contributed by atoms with E-state index in [-0.39, 0.29) is 56.3 Å². The summed E-state index contributed by atoms with van der Waals surface area (Å²) in [7, 11) is 2.89. The van der Waals surface area contributed by atoms with Crippen LogP contribution >= 0.6 is 0 Å². The van der Waals surface area contributed by atoms with Crippen LogP contribution in [0.1, 0.15) is 8.22 Å². The Morgan fingerprint density at radius 2 is 2.20 bits per heavy atom. The van der Waals surface area contributed by atoms with Gasteiger partial charge in [0.25, 0.3) is 0 Å². The largest absolute Gasteiger partial charge is 1.00 e. The summed E-state index contributed by atoms with van der Waals surface area (Å²) < 4.78 is 39.8. The zero-order chi connectivity index (χ0) is 8.58. The van der Waals surface area contributed by atoms with Crippen LogP contribution < -0.4 is 51.4 Å². The van der Waals surface area contributed by atoms with Crippen molar-refractivity contribution in [3.8, 4) is 0 Å². The smallest absolute Gasteiger partial charge is 0.464 e. The fourth-order valence-electron chi connectivity index (χ4n) is 0. The number of nitrogens with zero attached hydrogens (tertiary/aromatic N) is 1. The van der Waals surface area contributed by atoms with Gasteiger partial charge in [0.15, 0.2) is 0 Å². The van der Waals surface area contributed by atoms with Gasteiger partial charge >= 0.3 is 51.4 Å². The predicted octanol–water partition coefficient (Wildman–Crippen LogP) is -2.66. The maximum absolute atomic E-state index is 6.63. The fourth-order valence-corrected chi connectivity index (χ4v) is 0. The van der Waals surface area contributed by atoms with E-state index in [1.165, 1.54) is 0 Å². The van der Waals surface area contributed by atoms with Gasteiger partial charge in [-0.15, -0.1) is 0 Å². The summed E-state index contributed by atoms with van der Waals surface area (Å²) in [6.45, 7) is -5.30. The number of hydrogen-bond acceptors (Lipinski definition) is 1. The van der Waals surface area contributed by atoms with Crippen molar-refractivity contribution in [2.75, 3.05) is 14.0 Å². The van der Waals surface area contributed by atoms with Crippen molar-refractivity contribution >= 4 is 0 Å². The Kier molecular flexibility index (Phi) is 2.06. The van der Waals surface area contributed by atoms with E-state index >= 15 is 0 Å². The molecule has 0 heterocycles. The van der Waals surface area contributed by atoms with Crippen LogP contribution in [-0.4, -0.2) is 18.9 Å². The second kappa shape index (κ2) is 5.60.